The van der Waals surface area contributed by atoms with E-state index >= 15 is 0 Å². The molecule has 3 nitrogen and oxygen atoms in total. The molecule has 108 valence electrons. The Morgan fingerprint density at radius 2 is 1.85 bits per heavy atom. The Bertz CT molecular complexity index is 478. The summed E-state index contributed by atoms with van der Waals surface area (Å²) in [6.45, 7) is 3.16. The molecule has 0 bridgehead atoms. The smallest absolute Gasteiger partial charge is 0.236 e. The fourth-order valence-corrected chi connectivity index (χ4v) is 3.30. The number of hydrogen-bond acceptors (Lipinski definition) is 2. The van der Waals surface area contributed by atoms with Crippen molar-refractivity contribution in [1.29, 1.82) is 0 Å². The first-order valence-corrected chi connectivity index (χ1v) is 7.92. The molecule has 0 aromatic heterocycles. The molecule has 1 amide bonds. The summed E-state index contributed by atoms with van der Waals surface area (Å²) < 4.78 is 0. The highest BCUT2D eigenvalue weighted by atomic mass is 16.2. The maximum Gasteiger partial charge on any atom is 0.236 e. The second kappa shape index (κ2) is 6.40. The first kappa shape index (κ1) is 13.6. The highest BCUT2D eigenvalue weighted by Crippen LogP contribution is 2.22. The molecule has 1 aromatic rings. The number of hydrogen-bond donors (Lipinski definition) is 1. The van der Waals surface area contributed by atoms with Gasteiger partial charge in [-0.15, -0.1) is 0 Å². The lowest BCUT2D eigenvalue weighted by Gasteiger charge is -2.26. The highest BCUT2D eigenvalue weighted by Gasteiger charge is 2.16. The van der Waals surface area contributed by atoms with E-state index in [9.17, 15) is 4.79 Å². The minimum absolute atomic E-state index is 0.255. The van der Waals surface area contributed by atoms with Crippen LogP contribution in [0.25, 0.3) is 0 Å². The van der Waals surface area contributed by atoms with Crippen molar-refractivity contribution in [2.45, 2.75) is 45.1 Å². The predicted molar refractivity (Wildman–Crippen MR) is 80.6 cm³/mol. The quantitative estimate of drug-likeness (QED) is 0.912. The van der Waals surface area contributed by atoms with Gasteiger partial charge in [0.2, 0.25) is 5.91 Å². The zero-order chi connectivity index (χ0) is 13.8. The van der Waals surface area contributed by atoms with E-state index in [4.69, 9.17) is 0 Å². The molecule has 0 saturated carbocycles. The first-order chi connectivity index (χ1) is 9.83. The lowest BCUT2D eigenvalue weighted by molar-refractivity contribution is -0.131. The summed E-state index contributed by atoms with van der Waals surface area (Å²) in [4.78, 5) is 14.0. The van der Waals surface area contributed by atoms with Crippen LogP contribution in [0, 0.1) is 0 Å². The molecule has 3 rings (SSSR count). The Labute approximate surface area is 121 Å². The van der Waals surface area contributed by atoms with Gasteiger partial charge in [-0.3, -0.25) is 4.79 Å². The number of benzene rings is 1. The van der Waals surface area contributed by atoms with Crippen molar-refractivity contribution in [3.8, 4) is 0 Å². The number of likely N-dealkylation sites (tertiary alicyclic amines) is 1. The van der Waals surface area contributed by atoms with Gasteiger partial charge in [0, 0.05) is 19.6 Å². The third kappa shape index (κ3) is 3.21. The molecule has 1 aliphatic heterocycles. The molecule has 1 fully saturated rings. The zero-order valence-corrected chi connectivity index (χ0v) is 12.2. The van der Waals surface area contributed by atoms with E-state index in [1.165, 1.54) is 42.4 Å². The Morgan fingerprint density at radius 3 is 2.70 bits per heavy atom. The Hall–Kier alpha value is -1.35. The molecule has 1 aromatic carbocycles. The number of nitrogens with one attached hydrogen (secondary N) is 1. The van der Waals surface area contributed by atoms with Crippen LogP contribution < -0.4 is 5.32 Å². The Kier molecular flexibility index (Phi) is 4.36. The average Bonchev–Trinajstić information content (AvgIpc) is 2.95. The third-order valence-electron chi connectivity index (χ3n) is 4.48. The molecule has 0 unspecified atom stereocenters. The normalized spacial score (nSPS) is 18.1. The number of carbonyl (C=O) groups is 1. The van der Waals surface area contributed by atoms with E-state index in [2.05, 4.69) is 23.5 Å². The van der Waals surface area contributed by atoms with E-state index < -0.39 is 0 Å². The number of amides is 1. The van der Waals surface area contributed by atoms with Gasteiger partial charge < -0.3 is 10.2 Å². The standard InChI is InChI=1S/C17H24N2O/c20-17(19-9-2-1-3-10-19)13-18-12-14-7-8-15-5-4-6-16(15)11-14/h7-8,11,18H,1-6,9-10,12-13H2. The second-order valence-electron chi connectivity index (χ2n) is 6.00. The van der Waals surface area contributed by atoms with Crippen LogP contribution in [0.2, 0.25) is 0 Å². The zero-order valence-electron chi connectivity index (χ0n) is 12.2. The van der Waals surface area contributed by atoms with Crippen molar-refractivity contribution in [2.75, 3.05) is 19.6 Å². The predicted octanol–water partition coefficient (Wildman–Crippen LogP) is 2.28. The van der Waals surface area contributed by atoms with Crippen molar-refractivity contribution in [3.05, 3.63) is 34.9 Å². The highest BCUT2D eigenvalue weighted by molar-refractivity contribution is 5.78. The molecule has 1 saturated heterocycles. The Morgan fingerprint density at radius 1 is 1.05 bits per heavy atom. The monoisotopic (exact) mass is 272 g/mol. The molecule has 1 N–H and O–H groups in total. The maximum absolute atomic E-state index is 12.0. The van der Waals surface area contributed by atoms with Gasteiger partial charge in [0.05, 0.1) is 6.54 Å². The van der Waals surface area contributed by atoms with Crippen LogP contribution in [0.3, 0.4) is 0 Å². The maximum atomic E-state index is 12.0. The second-order valence-corrected chi connectivity index (χ2v) is 6.00. The van der Waals surface area contributed by atoms with E-state index in [-0.39, 0.29) is 5.91 Å². The minimum Gasteiger partial charge on any atom is -0.342 e. The van der Waals surface area contributed by atoms with Crippen molar-refractivity contribution in [3.63, 3.8) is 0 Å². The molecular formula is C17H24N2O. The van der Waals surface area contributed by atoms with Crippen molar-refractivity contribution in [1.82, 2.24) is 10.2 Å². The van der Waals surface area contributed by atoms with Crippen LogP contribution in [-0.2, 0) is 24.2 Å². The van der Waals surface area contributed by atoms with E-state index in [0.29, 0.717) is 6.54 Å². The van der Waals surface area contributed by atoms with E-state index in [1.54, 1.807) is 0 Å². The molecule has 20 heavy (non-hydrogen) atoms. The lowest BCUT2D eigenvalue weighted by Crippen LogP contribution is -2.40. The topological polar surface area (TPSA) is 32.3 Å². The van der Waals surface area contributed by atoms with Crippen molar-refractivity contribution >= 4 is 5.91 Å². The molecule has 1 heterocycles. The lowest BCUT2D eigenvalue weighted by atomic mass is 10.1. The number of piperidine rings is 1. The summed E-state index contributed by atoms with van der Waals surface area (Å²) in [5.41, 5.74) is 4.32. The summed E-state index contributed by atoms with van der Waals surface area (Å²) in [5.74, 6) is 0.255. The molecule has 0 spiro atoms. The van der Waals surface area contributed by atoms with Crippen molar-refractivity contribution < 1.29 is 4.79 Å². The summed E-state index contributed by atoms with van der Waals surface area (Å²) >= 11 is 0. The fraction of sp³-hybridized carbons (Fsp3) is 0.588. The Balaban J connectivity index is 1.46. The SMILES string of the molecule is O=C(CNCc1ccc2c(c1)CCC2)N1CCCCC1. The number of rotatable bonds is 4. The molecule has 1 aliphatic carbocycles. The van der Waals surface area contributed by atoms with Gasteiger partial charge in [-0.2, -0.15) is 0 Å². The van der Waals surface area contributed by atoms with Crippen LogP contribution in [0.15, 0.2) is 18.2 Å². The number of aryl methyl sites for hydroxylation is 2. The summed E-state index contributed by atoms with van der Waals surface area (Å²) in [5, 5.41) is 3.30. The molecule has 2 aliphatic rings. The van der Waals surface area contributed by atoms with Gasteiger partial charge in [-0.05, 0) is 55.2 Å². The van der Waals surface area contributed by atoms with Gasteiger partial charge in [0.1, 0.15) is 0 Å². The third-order valence-corrected chi connectivity index (χ3v) is 4.48. The average molecular weight is 272 g/mol. The number of carbonyl (C=O) groups excluding carboxylic acids is 1. The van der Waals surface area contributed by atoms with E-state index in [0.717, 1.165) is 32.5 Å². The largest absolute Gasteiger partial charge is 0.342 e. The van der Waals surface area contributed by atoms with Gasteiger partial charge >= 0.3 is 0 Å². The number of fused-ring (bicyclic) bond motifs is 1. The summed E-state index contributed by atoms with van der Waals surface area (Å²) in [7, 11) is 0. The van der Waals surface area contributed by atoms with Crippen molar-refractivity contribution in [2.24, 2.45) is 0 Å². The van der Waals surface area contributed by atoms with Gasteiger partial charge in [-0.1, -0.05) is 18.2 Å². The van der Waals surface area contributed by atoms with Gasteiger partial charge in [0.25, 0.3) is 0 Å². The van der Waals surface area contributed by atoms with Crippen LogP contribution in [0.4, 0.5) is 0 Å². The minimum atomic E-state index is 0.255. The summed E-state index contributed by atoms with van der Waals surface area (Å²) in [6, 6.07) is 6.76. The molecule has 0 radical (unpaired) electrons. The summed E-state index contributed by atoms with van der Waals surface area (Å²) in [6.07, 6.45) is 7.34. The van der Waals surface area contributed by atoms with Gasteiger partial charge in [-0.25, -0.2) is 0 Å². The van der Waals surface area contributed by atoms with E-state index in [1.807, 2.05) is 4.90 Å². The van der Waals surface area contributed by atoms with Crippen LogP contribution in [0.5, 0.6) is 0 Å². The van der Waals surface area contributed by atoms with Gasteiger partial charge in [0.15, 0.2) is 0 Å². The molecular weight excluding hydrogens is 248 g/mol. The van der Waals surface area contributed by atoms with Crippen LogP contribution in [-0.4, -0.2) is 30.4 Å². The van der Waals surface area contributed by atoms with Crippen LogP contribution in [0.1, 0.15) is 42.4 Å². The number of nitrogens with zero attached hydrogens (tertiary/aromatic N) is 1. The first-order valence-electron chi connectivity index (χ1n) is 7.92. The molecule has 3 heteroatoms. The fourth-order valence-electron chi connectivity index (χ4n) is 3.30. The van der Waals surface area contributed by atoms with Crippen LogP contribution >= 0.6 is 0 Å². The molecule has 0 atom stereocenters.